The molecule has 1 aliphatic heterocycles. The van der Waals surface area contributed by atoms with Gasteiger partial charge in [0.05, 0.1) is 5.02 Å². The lowest BCUT2D eigenvalue weighted by Crippen LogP contribution is -2.43. The standard InChI is InChI=1S/C16H24ClN3O2S/c1-16(2,23-4)10-20-15(18-3)19-9-11-7-12(17)14-13(8-11)21-5-6-22-14/h7-8H,5-6,9-10H2,1-4H3,(H2,18,19,20). The number of benzene rings is 1. The van der Waals surface area contributed by atoms with E-state index in [4.69, 9.17) is 21.1 Å². The van der Waals surface area contributed by atoms with Gasteiger partial charge in [-0.05, 0) is 37.8 Å². The number of guanidine groups is 1. The lowest BCUT2D eigenvalue weighted by Gasteiger charge is -2.24. The minimum Gasteiger partial charge on any atom is -0.486 e. The smallest absolute Gasteiger partial charge is 0.191 e. The van der Waals surface area contributed by atoms with Crippen LogP contribution < -0.4 is 20.1 Å². The van der Waals surface area contributed by atoms with Crippen molar-refractivity contribution in [3.63, 3.8) is 0 Å². The molecule has 1 aliphatic rings. The van der Waals surface area contributed by atoms with Crippen molar-refractivity contribution in [3.8, 4) is 11.5 Å². The molecule has 2 rings (SSSR count). The van der Waals surface area contributed by atoms with E-state index in [0.717, 1.165) is 18.1 Å². The van der Waals surface area contributed by atoms with Gasteiger partial charge in [-0.15, -0.1) is 0 Å². The topological polar surface area (TPSA) is 54.9 Å². The Morgan fingerprint density at radius 3 is 2.74 bits per heavy atom. The number of hydrogen-bond donors (Lipinski definition) is 2. The average molecular weight is 358 g/mol. The maximum atomic E-state index is 6.25. The van der Waals surface area contributed by atoms with Crippen LogP contribution in [0.3, 0.4) is 0 Å². The summed E-state index contributed by atoms with van der Waals surface area (Å²) in [7, 11) is 1.76. The van der Waals surface area contributed by atoms with E-state index in [1.165, 1.54) is 0 Å². The van der Waals surface area contributed by atoms with Crippen molar-refractivity contribution in [1.82, 2.24) is 10.6 Å². The van der Waals surface area contributed by atoms with Gasteiger partial charge in [0.25, 0.3) is 0 Å². The zero-order chi connectivity index (χ0) is 16.9. The first kappa shape index (κ1) is 18.1. The fourth-order valence-electron chi connectivity index (χ4n) is 2.04. The number of rotatable bonds is 5. The molecule has 128 valence electrons. The third kappa shape index (κ3) is 5.11. The van der Waals surface area contributed by atoms with Crippen molar-refractivity contribution in [1.29, 1.82) is 0 Å². The van der Waals surface area contributed by atoms with Crippen molar-refractivity contribution < 1.29 is 9.47 Å². The predicted molar refractivity (Wildman–Crippen MR) is 98.2 cm³/mol. The second kappa shape index (κ2) is 8.02. The van der Waals surface area contributed by atoms with Gasteiger partial charge in [-0.1, -0.05) is 11.6 Å². The van der Waals surface area contributed by atoms with Crippen molar-refractivity contribution in [2.75, 3.05) is 33.1 Å². The van der Waals surface area contributed by atoms with Crippen molar-refractivity contribution >= 4 is 29.3 Å². The van der Waals surface area contributed by atoms with E-state index in [0.29, 0.717) is 36.3 Å². The Bertz CT molecular complexity index is 579. The van der Waals surface area contributed by atoms with Crippen LogP contribution in [0, 0.1) is 0 Å². The van der Waals surface area contributed by atoms with E-state index in [1.807, 2.05) is 23.9 Å². The van der Waals surface area contributed by atoms with Gasteiger partial charge in [0.1, 0.15) is 13.2 Å². The molecule has 0 bridgehead atoms. The highest BCUT2D eigenvalue weighted by molar-refractivity contribution is 7.99. The molecule has 0 aromatic heterocycles. The van der Waals surface area contributed by atoms with Crippen LogP contribution in [-0.4, -0.2) is 43.8 Å². The summed E-state index contributed by atoms with van der Waals surface area (Å²) in [4.78, 5) is 4.25. The molecule has 2 N–H and O–H groups in total. The van der Waals surface area contributed by atoms with Gasteiger partial charge < -0.3 is 20.1 Å². The Morgan fingerprint density at radius 2 is 2.04 bits per heavy atom. The van der Waals surface area contributed by atoms with Gasteiger partial charge in [-0.3, -0.25) is 4.99 Å². The second-order valence-corrected chi connectivity index (χ2v) is 7.77. The van der Waals surface area contributed by atoms with E-state index < -0.39 is 0 Å². The van der Waals surface area contributed by atoms with Gasteiger partial charge >= 0.3 is 0 Å². The van der Waals surface area contributed by atoms with Crippen LogP contribution in [0.4, 0.5) is 0 Å². The van der Waals surface area contributed by atoms with Gasteiger partial charge in [0.2, 0.25) is 0 Å². The number of thioether (sulfide) groups is 1. The van der Waals surface area contributed by atoms with Crippen LogP contribution in [0.1, 0.15) is 19.4 Å². The highest BCUT2D eigenvalue weighted by Crippen LogP contribution is 2.38. The molecule has 0 unspecified atom stereocenters. The van der Waals surface area contributed by atoms with Crippen LogP contribution in [0.15, 0.2) is 17.1 Å². The molecule has 0 amide bonds. The van der Waals surface area contributed by atoms with Crippen LogP contribution >= 0.6 is 23.4 Å². The molecular formula is C16H24ClN3O2S. The summed E-state index contributed by atoms with van der Waals surface area (Å²) in [6, 6.07) is 3.84. The fourth-order valence-corrected chi connectivity index (χ4v) is 2.55. The Hall–Kier alpha value is -1.27. The first-order valence-corrected chi connectivity index (χ1v) is 9.13. The molecule has 0 spiro atoms. The van der Waals surface area contributed by atoms with E-state index in [9.17, 15) is 0 Å². The summed E-state index contributed by atoms with van der Waals surface area (Å²) in [6.07, 6.45) is 2.11. The normalized spacial score (nSPS) is 14.6. The minimum atomic E-state index is 0.151. The molecule has 0 fully saturated rings. The Kier molecular flexibility index (Phi) is 6.30. The highest BCUT2D eigenvalue weighted by Gasteiger charge is 2.18. The molecule has 1 heterocycles. The molecule has 1 aromatic rings. The molecule has 23 heavy (non-hydrogen) atoms. The van der Waals surface area contributed by atoms with Crippen LogP contribution in [0.25, 0.3) is 0 Å². The molecule has 0 aliphatic carbocycles. The lowest BCUT2D eigenvalue weighted by molar-refractivity contribution is 0.171. The SMILES string of the molecule is CN=C(NCc1cc(Cl)c2c(c1)OCCO2)NCC(C)(C)SC. The monoisotopic (exact) mass is 357 g/mol. The summed E-state index contributed by atoms with van der Waals surface area (Å²) in [5, 5.41) is 7.20. The summed E-state index contributed by atoms with van der Waals surface area (Å²) in [5.41, 5.74) is 1.02. The molecular weight excluding hydrogens is 334 g/mol. The van der Waals surface area contributed by atoms with E-state index >= 15 is 0 Å². The number of aliphatic imine (C=N–C) groups is 1. The number of halogens is 1. The molecule has 0 saturated carbocycles. The number of nitrogens with one attached hydrogen (secondary N) is 2. The van der Waals surface area contributed by atoms with Gasteiger partial charge in [-0.25, -0.2) is 0 Å². The number of fused-ring (bicyclic) bond motifs is 1. The van der Waals surface area contributed by atoms with Crippen molar-refractivity contribution in [2.24, 2.45) is 4.99 Å². The highest BCUT2D eigenvalue weighted by atomic mass is 35.5. The first-order chi connectivity index (χ1) is 10.9. The van der Waals surface area contributed by atoms with Gasteiger partial charge in [0.15, 0.2) is 17.5 Å². The Balaban J connectivity index is 1.95. The summed E-state index contributed by atoms with van der Waals surface area (Å²) >= 11 is 8.07. The number of nitrogens with zero attached hydrogens (tertiary/aromatic N) is 1. The zero-order valence-electron chi connectivity index (χ0n) is 14.0. The quantitative estimate of drug-likeness (QED) is 0.627. The van der Waals surface area contributed by atoms with E-state index in [2.05, 4.69) is 35.7 Å². The zero-order valence-corrected chi connectivity index (χ0v) is 15.6. The maximum Gasteiger partial charge on any atom is 0.191 e. The van der Waals surface area contributed by atoms with Crippen molar-refractivity contribution in [2.45, 2.75) is 25.1 Å². The molecule has 0 saturated heterocycles. The first-order valence-electron chi connectivity index (χ1n) is 7.53. The van der Waals surface area contributed by atoms with Crippen LogP contribution in [0.2, 0.25) is 5.02 Å². The second-order valence-electron chi connectivity index (χ2n) is 5.84. The largest absolute Gasteiger partial charge is 0.486 e. The number of ether oxygens (including phenoxy) is 2. The summed E-state index contributed by atoms with van der Waals surface area (Å²) < 4.78 is 11.3. The van der Waals surface area contributed by atoms with Crippen LogP contribution in [-0.2, 0) is 6.54 Å². The Labute approximate surface area is 147 Å². The number of hydrogen-bond acceptors (Lipinski definition) is 4. The minimum absolute atomic E-state index is 0.151. The average Bonchev–Trinajstić information content (AvgIpc) is 2.55. The third-order valence-corrected chi connectivity index (χ3v) is 5.10. The van der Waals surface area contributed by atoms with Gasteiger partial charge in [0, 0.05) is 24.9 Å². The molecule has 1 aromatic carbocycles. The summed E-state index contributed by atoms with van der Waals surface area (Å²) in [6.45, 7) is 6.90. The van der Waals surface area contributed by atoms with Crippen LogP contribution in [0.5, 0.6) is 11.5 Å². The molecule has 7 heteroatoms. The molecule has 0 radical (unpaired) electrons. The van der Waals surface area contributed by atoms with E-state index in [1.54, 1.807) is 7.05 Å². The molecule has 0 atom stereocenters. The molecule has 5 nitrogen and oxygen atoms in total. The Morgan fingerprint density at radius 1 is 1.30 bits per heavy atom. The lowest BCUT2D eigenvalue weighted by atomic mass is 10.2. The van der Waals surface area contributed by atoms with E-state index in [-0.39, 0.29) is 4.75 Å². The maximum absolute atomic E-state index is 6.25. The third-order valence-electron chi connectivity index (χ3n) is 3.57. The van der Waals surface area contributed by atoms with Gasteiger partial charge in [-0.2, -0.15) is 11.8 Å². The van der Waals surface area contributed by atoms with Crippen molar-refractivity contribution in [3.05, 3.63) is 22.7 Å². The summed E-state index contributed by atoms with van der Waals surface area (Å²) in [5.74, 6) is 2.09. The predicted octanol–water partition coefficient (Wildman–Crippen LogP) is 2.92. The fraction of sp³-hybridized carbons (Fsp3) is 0.562.